The van der Waals surface area contributed by atoms with Crippen molar-refractivity contribution < 1.29 is 4.52 Å². The van der Waals surface area contributed by atoms with Gasteiger partial charge in [-0.2, -0.15) is 4.98 Å². The number of aromatic nitrogens is 2. The highest BCUT2D eigenvalue weighted by molar-refractivity contribution is 7.98. The molecule has 5 nitrogen and oxygen atoms in total. The van der Waals surface area contributed by atoms with Crippen LogP contribution in [0.5, 0.6) is 0 Å². The van der Waals surface area contributed by atoms with Crippen LogP contribution in [0.4, 0.5) is 0 Å². The number of benzene rings is 3. The predicted octanol–water partition coefficient (Wildman–Crippen LogP) is 6.36. The van der Waals surface area contributed by atoms with Gasteiger partial charge in [-0.25, -0.2) is 0 Å². The molecule has 2 heterocycles. The molecule has 0 spiro atoms. The number of allylic oxidation sites excluding steroid dienone is 1. The molecule has 0 aliphatic carbocycles. The molecule has 1 N–H and O–H groups in total. The molecule has 4 aromatic rings. The summed E-state index contributed by atoms with van der Waals surface area (Å²) in [5.41, 5.74) is 5.25. The largest absolute Gasteiger partial charge is 0.351 e. The molecule has 1 aliphatic heterocycles. The average Bonchev–Trinajstić information content (AvgIpc) is 3.39. The van der Waals surface area contributed by atoms with Crippen LogP contribution in [0.1, 0.15) is 30.0 Å². The maximum absolute atomic E-state index is 5.85. The maximum Gasteiger partial charge on any atom is 0.258 e. The van der Waals surface area contributed by atoms with E-state index in [9.17, 15) is 0 Å². The second kappa shape index (κ2) is 10.5. The smallest absolute Gasteiger partial charge is 0.258 e. The first-order chi connectivity index (χ1) is 17.1. The lowest BCUT2D eigenvalue weighted by atomic mass is 9.94. The van der Waals surface area contributed by atoms with Gasteiger partial charge in [0, 0.05) is 22.7 Å². The van der Waals surface area contributed by atoms with Gasteiger partial charge in [-0.15, -0.1) is 11.8 Å². The topological polar surface area (TPSA) is 54.2 Å². The highest BCUT2D eigenvalue weighted by Crippen LogP contribution is 2.37. The molecule has 176 valence electrons. The van der Waals surface area contributed by atoms with Crippen LogP contribution in [-0.2, 0) is 6.42 Å². The zero-order valence-electron chi connectivity index (χ0n) is 19.6. The Hall–Kier alpha value is -3.42. The number of nitrogens with one attached hydrogen (secondary N) is 1. The van der Waals surface area contributed by atoms with Crippen LogP contribution >= 0.6 is 24.0 Å². The standard InChI is InChI=1S/C28H26N4OS2/c1-19-24(27-30-26(31-33-27)22-13-15-23(35-2)16-14-22)25(21-11-7-4-8-12-21)29-28(34)32(19)18-17-20-9-5-3-6-10-20/h3-16,25H,17-18H2,1-2H3,(H,29,34). The molecule has 0 amide bonds. The number of thioether (sulfide) groups is 1. The van der Waals surface area contributed by atoms with Gasteiger partial charge in [0.05, 0.1) is 11.6 Å². The van der Waals surface area contributed by atoms with E-state index in [-0.39, 0.29) is 6.04 Å². The molecule has 1 unspecified atom stereocenters. The van der Waals surface area contributed by atoms with Crippen molar-refractivity contribution in [3.05, 3.63) is 108 Å². The Balaban J connectivity index is 1.52. The summed E-state index contributed by atoms with van der Waals surface area (Å²) in [4.78, 5) is 8.14. The van der Waals surface area contributed by atoms with Crippen LogP contribution < -0.4 is 5.32 Å². The molecular formula is C28H26N4OS2. The van der Waals surface area contributed by atoms with E-state index in [1.807, 2.05) is 36.4 Å². The van der Waals surface area contributed by atoms with Crippen LogP contribution in [0.25, 0.3) is 17.0 Å². The van der Waals surface area contributed by atoms with Crippen molar-refractivity contribution in [2.75, 3.05) is 12.8 Å². The van der Waals surface area contributed by atoms with E-state index in [0.717, 1.165) is 35.4 Å². The van der Waals surface area contributed by atoms with E-state index >= 15 is 0 Å². The third kappa shape index (κ3) is 5.01. The van der Waals surface area contributed by atoms with E-state index < -0.39 is 0 Å². The van der Waals surface area contributed by atoms with Gasteiger partial charge in [-0.3, -0.25) is 0 Å². The molecule has 7 heteroatoms. The minimum Gasteiger partial charge on any atom is -0.351 e. The molecular weight excluding hydrogens is 472 g/mol. The van der Waals surface area contributed by atoms with E-state index in [1.165, 1.54) is 10.5 Å². The predicted molar refractivity (Wildman–Crippen MR) is 146 cm³/mol. The zero-order chi connectivity index (χ0) is 24.2. The third-order valence-electron chi connectivity index (χ3n) is 6.20. The number of hydrogen-bond acceptors (Lipinski definition) is 5. The fraction of sp³-hybridized carbons (Fsp3) is 0.179. The van der Waals surface area contributed by atoms with Gasteiger partial charge in [-0.05, 0) is 67.2 Å². The molecule has 0 bridgehead atoms. The molecule has 5 rings (SSSR count). The van der Waals surface area contributed by atoms with Crippen molar-refractivity contribution in [1.29, 1.82) is 0 Å². The van der Waals surface area contributed by atoms with Crippen molar-refractivity contribution in [1.82, 2.24) is 20.4 Å². The summed E-state index contributed by atoms with van der Waals surface area (Å²) in [6.45, 7) is 2.84. The molecule has 1 atom stereocenters. The summed E-state index contributed by atoms with van der Waals surface area (Å²) in [6, 6.07) is 28.7. The number of hydrogen-bond donors (Lipinski definition) is 1. The van der Waals surface area contributed by atoms with E-state index in [1.54, 1.807) is 11.8 Å². The van der Waals surface area contributed by atoms with Crippen LogP contribution in [0, 0.1) is 0 Å². The van der Waals surface area contributed by atoms with Crippen molar-refractivity contribution in [3.63, 3.8) is 0 Å². The Morgan fingerprint density at radius 1 is 0.971 bits per heavy atom. The monoisotopic (exact) mass is 498 g/mol. The fourth-order valence-corrected chi connectivity index (χ4v) is 5.05. The molecule has 0 fully saturated rings. The normalized spacial score (nSPS) is 15.9. The van der Waals surface area contributed by atoms with Crippen molar-refractivity contribution in [2.45, 2.75) is 24.3 Å². The van der Waals surface area contributed by atoms with Crippen LogP contribution in [0.15, 0.2) is 100 Å². The molecule has 0 saturated heterocycles. The SMILES string of the molecule is CSc1ccc(-c2noc(C3=C(C)N(CCc4ccccc4)C(=S)NC3c3ccccc3)n2)cc1. The average molecular weight is 499 g/mol. The summed E-state index contributed by atoms with van der Waals surface area (Å²) < 4.78 is 5.85. The molecule has 35 heavy (non-hydrogen) atoms. The lowest BCUT2D eigenvalue weighted by Crippen LogP contribution is -2.46. The minimum absolute atomic E-state index is 0.177. The zero-order valence-corrected chi connectivity index (χ0v) is 21.3. The van der Waals surface area contributed by atoms with Crippen LogP contribution in [0.3, 0.4) is 0 Å². The first-order valence-electron chi connectivity index (χ1n) is 11.5. The van der Waals surface area contributed by atoms with Gasteiger partial charge >= 0.3 is 0 Å². The van der Waals surface area contributed by atoms with Gasteiger partial charge < -0.3 is 14.7 Å². The summed E-state index contributed by atoms with van der Waals surface area (Å²) in [7, 11) is 0. The molecule has 3 aromatic carbocycles. The molecule has 1 aliphatic rings. The minimum atomic E-state index is -0.177. The second-order valence-electron chi connectivity index (χ2n) is 8.33. The highest BCUT2D eigenvalue weighted by atomic mass is 32.2. The Morgan fingerprint density at radius 3 is 2.34 bits per heavy atom. The van der Waals surface area contributed by atoms with Crippen LogP contribution in [-0.4, -0.2) is 33.0 Å². The highest BCUT2D eigenvalue weighted by Gasteiger charge is 2.33. The van der Waals surface area contributed by atoms with Gasteiger partial charge in [0.2, 0.25) is 5.82 Å². The molecule has 1 aromatic heterocycles. The van der Waals surface area contributed by atoms with E-state index in [0.29, 0.717) is 16.8 Å². The van der Waals surface area contributed by atoms with Crippen LogP contribution in [0.2, 0.25) is 0 Å². The summed E-state index contributed by atoms with van der Waals surface area (Å²) >= 11 is 7.52. The van der Waals surface area contributed by atoms with Gasteiger partial charge in [0.15, 0.2) is 5.11 Å². The van der Waals surface area contributed by atoms with Gasteiger partial charge in [0.25, 0.3) is 5.89 Å². The Kier molecular flexibility index (Phi) is 6.97. The lowest BCUT2D eigenvalue weighted by molar-refractivity contribution is 0.397. The van der Waals surface area contributed by atoms with E-state index in [4.69, 9.17) is 21.7 Å². The first kappa shape index (κ1) is 23.3. The Labute approximate surface area is 215 Å². The lowest BCUT2D eigenvalue weighted by Gasteiger charge is -2.37. The van der Waals surface area contributed by atoms with Crippen molar-refractivity contribution >= 4 is 34.7 Å². The number of nitrogens with zero attached hydrogens (tertiary/aromatic N) is 3. The third-order valence-corrected chi connectivity index (χ3v) is 7.28. The second-order valence-corrected chi connectivity index (χ2v) is 9.60. The molecule has 0 radical (unpaired) electrons. The summed E-state index contributed by atoms with van der Waals surface area (Å²) in [6.07, 6.45) is 2.94. The molecule has 0 saturated carbocycles. The van der Waals surface area contributed by atoms with Crippen molar-refractivity contribution in [2.24, 2.45) is 0 Å². The summed E-state index contributed by atoms with van der Waals surface area (Å²) in [5.74, 6) is 1.07. The quantitative estimate of drug-likeness (QED) is 0.235. The number of rotatable bonds is 7. The summed E-state index contributed by atoms with van der Waals surface area (Å²) in [5, 5.41) is 8.54. The Bertz CT molecular complexity index is 1330. The fourth-order valence-electron chi connectivity index (χ4n) is 4.30. The van der Waals surface area contributed by atoms with Gasteiger partial charge in [0.1, 0.15) is 0 Å². The number of thiocarbonyl (C=S) groups is 1. The van der Waals surface area contributed by atoms with E-state index in [2.05, 4.69) is 77.1 Å². The van der Waals surface area contributed by atoms with Gasteiger partial charge in [-0.1, -0.05) is 65.8 Å². The first-order valence-corrected chi connectivity index (χ1v) is 13.1. The van der Waals surface area contributed by atoms with Crippen molar-refractivity contribution in [3.8, 4) is 11.4 Å². The maximum atomic E-state index is 5.85. The Morgan fingerprint density at radius 2 is 1.66 bits per heavy atom.